The second-order valence-electron chi connectivity index (χ2n) is 12.8. The molecule has 0 radical (unpaired) electrons. The van der Waals surface area contributed by atoms with E-state index in [0.717, 1.165) is 94.6 Å². The smallest absolute Gasteiger partial charge is 0.273 e. The molecule has 0 aliphatic heterocycles. The number of carbonyl (C=O) groups is 4. The van der Waals surface area contributed by atoms with Crippen molar-refractivity contribution in [3.05, 3.63) is 58.7 Å². The molecule has 10 nitrogen and oxygen atoms in total. The van der Waals surface area contributed by atoms with Crippen molar-refractivity contribution in [3.8, 4) is 11.5 Å². The highest BCUT2D eigenvalue weighted by molar-refractivity contribution is 6.00. The molecule has 0 aromatic heterocycles. The number of carbonyl (C=O) groups excluding carboxylic acids is 4. The summed E-state index contributed by atoms with van der Waals surface area (Å²) in [6, 6.07) is 10.1. The van der Waals surface area contributed by atoms with E-state index in [4.69, 9.17) is 0 Å². The van der Waals surface area contributed by atoms with Crippen LogP contribution in [0.5, 0.6) is 11.5 Å². The summed E-state index contributed by atoms with van der Waals surface area (Å²) in [6.45, 7) is 6.10. The molecule has 0 saturated heterocycles. The van der Waals surface area contributed by atoms with E-state index in [9.17, 15) is 29.4 Å². The molecule has 4 amide bonds. The number of amides is 4. The average Bonchev–Trinajstić information content (AvgIpc) is 3.07. The molecule has 2 rings (SSSR count). The van der Waals surface area contributed by atoms with Gasteiger partial charge >= 0.3 is 0 Å². The van der Waals surface area contributed by atoms with E-state index in [1.54, 1.807) is 12.1 Å². The molecule has 10 heteroatoms. The standard InChI is InChI=1S/C38H58N4O6/c1-4-6-8-15-21-29-23-18-25-31(43)34(29)37(47)41-39-33(45)27-17-13-11-10-12-14-20-28(3)36(46)40-42-38(48)35-30(22-16-9-7-5-2)24-19-26-32(35)44/h18-19,23-26,28,43-44H,4-17,20-22,27H2,1-3H3,(H,39,45)(H,40,46)(H,41,47)(H,42,48). The fourth-order valence-electron chi connectivity index (χ4n) is 5.73. The lowest BCUT2D eigenvalue weighted by Gasteiger charge is -2.15. The molecule has 2 aromatic rings. The number of rotatable bonds is 22. The highest BCUT2D eigenvalue weighted by Gasteiger charge is 2.19. The zero-order chi connectivity index (χ0) is 35.1. The maximum atomic E-state index is 12.8. The zero-order valence-corrected chi connectivity index (χ0v) is 29.3. The summed E-state index contributed by atoms with van der Waals surface area (Å²) >= 11 is 0. The fourth-order valence-corrected chi connectivity index (χ4v) is 5.73. The second-order valence-corrected chi connectivity index (χ2v) is 12.8. The van der Waals surface area contributed by atoms with Gasteiger partial charge in [-0.3, -0.25) is 40.9 Å². The zero-order valence-electron chi connectivity index (χ0n) is 29.3. The molecule has 0 saturated carbocycles. The number of phenolic OH excluding ortho intramolecular Hbond substituents is 2. The van der Waals surface area contributed by atoms with Gasteiger partial charge in [-0.1, -0.05) is 116 Å². The molecule has 0 fully saturated rings. The van der Waals surface area contributed by atoms with Gasteiger partial charge in [0.15, 0.2) is 0 Å². The molecule has 0 aliphatic rings. The molecular weight excluding hydrogens is 608 g/mol. The van der Waals surface area contributed by atoms with Gasteiger partial charge in [0.2, 0.25) is 11.8 Å². The number of hydrazine groups is 2. The number of nitrogens with one attached hydrogen (secondary N) is 4. The van der Waals surface area contributed by atoms with Crippen molar-refractivity contribution in [1.82, 2.24) is 21.7 Å². The van der Waals surface area contributed by atoms with Crippen LogP contribution in [0.2, 0.25) is 0 Å². The van der Waals surface area contributed by atoms with Gasteiger partial charge in [0.05, 0.1) is 11.1 Å². The lowest BCUT2D eigenvalue weighted by Crippen LogP contribution is -2.44. The fraction of sp³-hybridized carbons (Fsp3) is 0.579. The Balaban J connectivity index is 1.59. The van der Waals surface area contributed by atoms with Gasteiger partial charge in [0.1, 0.15) is 11.5 Å². The Bertz CT molecular complexity index is 1300. The Morgan fingerprint density at radius 3 is 1.56 bits per heavy atom. The van der Waals surface area contributed by atoms with Crippen molar-refractivity contribution in [2.75, 3.05) is 0 Å². The van der Waals surface area contributed by atoms with Crippen molar-refractivity contribution >= 4 is 23.6 Å². The van der Waals surface area contributed by atoms with Crippen LogP contribution in [0.3, 0.4) is 0 Å². The van der Waals surface area contributed by atoms with Crippen molar-refractivity contribution in [3.63, 3.8) is 0 Å². The van der Waals surface area contributed by atoms with Crippen LogP contribution in [0.1, 0.15) is 155 Å². The summed E-state index contributed by atoms with van der Waals surface area (Å²) in [5.74, 6) is -2.06. The normalized spacial score (nSPS) is 11.5. The van der Waals surface area contributed by atoms with E-state index < -0.39 is 11.8 Å². The third-order valence-corrected chi connectivity index (χ3v) is 8.66. The maximum Gasteiger partial charge on any atom is 0.273 e. The summed E-state index contributed by atoms with van der Waals surface area (Å²) in [4.78, 5) is 50.3. The predicted molar refractivity (Wildman–Crippen MR) is 189 cm³/mol. The van der Waals surface area contributed by atoms with Gasteiger partial charge < -0.3 is 10.2 Å². The van der Waals surface area contributed by atoms with Crippen LogP contribution in [0.15, 0.2) is 36.4 Å². The number of aryl methyl sites for hydroxylation is 2. The van der Waals surface area contributed by atoms with Crippen LogP contribution in [0, 0.1) is 5.92 Å². The first-order valence-corrected chi connectivity index (χ1v) is 18.0. The van der Waals surface area contributed by atoms with E-state index in [-0.39, 0.29) is 46.8 Å². The Morgan fingerprint density at radius 2 is 1.04 bits per heavy atom. The number of hydrogen-bond donors (Lipinski definition) is 6. The molecule has 0 spiro atoms. The molecule has 0 aliphatic carbocycles. The van der Waals surface area contributed by atoms with Gasteiger partial charge in [-0.2, -0.15) is 0 Å². The Morgan fingerprint density at radius 1 is 0.583 bits per heavy atom. The van der Waals surface area contributed by atoms with Crippen molar-refractivity contribution < 1.29 is 29.4 Å². The molecule has 0 bridgehead atoms. The summed E-state index contributed by atoms with van der Waals surface area (Å²) < 4.78 is 0. The van der Waals surface area contributed by atoms with Gasteiger partial charge in [0.25, 0.3) is 11.8 Å². The van der Waals surface area contributed by atoms with E-state index in [1.807, 2.05) is 19.1 Å². The van der Waals surface area contributed by atoms with E-state index in [2.05, 4.69) is 35.6 Å². The molecule has 0 heterocycles. The summed E-state index contributed by atoms with van der Waals surface area (Å²) in [5.41, 5.74) is 11.8. The average molecular weight is 667 g/mol. The van der Waals surface area contributed by atoms with E-state index >= 15 is 0 Å². The largest absolute Gasteiger partial charge is 0.507 e. The molecule has 6 N–H and O–H groups in total. The highest BCUT2D eigenvalue weighted by atomic mass is 16.3. The number of unbranched alkanes of at least 4 members (excludes halogenated alkanes) is 11. The first-order valence-electron chi connectivity index (χ1n) is 18.0. The lowest BCUT2D eigenvalue weighted by atomic mass is 9.99. The third-order valence-electron chi connectivity index (χ3n) is 8.66. The SMILES string of the molecule is CCCCCCc1cccc(O)c1C(=O)NNC(=O)CCCCCCCCC(C)C(=O)NNC(=O)c1c(O)cccc1CCCCCC. The molecule has 266 valence electrons. The van der Waals surface area contributed by atoms with Crippen LogP contribution in [0.4, 0.5) is 0 Å². The quantitative estimate of drug-likeness (QED) is 0.0571. The number of hydrogen-bond acceptors (Lipinski definition) is 6. The van der Waals surface area contributed by atoms with Crippen molar-refractivity contribution in [2.45, 2.75) is 136 Å². The topological polar surface area (TPSA) is 157 Å². The number of benzene rings is 2. The molecular formula is C38H58N4O6. The Hall–Kier alpha value is -4.08. The Kier molecular flexibility index (Phi) is 19.4. The van der Waals surface area contributed by atoms with Crippen LogP contribution in [0.25, 0.3) is 0 Å². The minimum absolute atomic E-state index is 0.0948. The lowest BCUT2D eigenvalue weighted by molar-refractivity contribution is -0.125. The number of phenols is 2. The van der Waals surface area contributed by atoms with Gasteiger partial charge in [-0.15, -0.1) is 0 Å². The molecule has 1 unspecified atom stereocenters. The van der Waals surface area contributed by atoms with Crippen LogP contribution >= 0.6 is 0 Å². The molecule has 48 heavy (non-hydrogen) atoms. The summed E-state index contributed by atoms with van der Waals surface area (Å²) in [5, 5.41) is 20.6. The van der Waals surface area contributed by atoms with E-state index in [1.165, 1.54) is 12.1 Å². The first kappa shape index (κ1) is 40.1. The second kappa shape index (κ2) is 23.3. The monoisotopic (exact) mass is 666 g/mol. The summed E-state index contributed by atoms with van der Waals surface area (Å²) in [7, 11) is 0. The predicted octanol–water partition coefficient (Wildman–Crippen LogP) is 7.32. The highest BCUT2D eigenvalue weighted by Crippen LogP contribution is 2.24. The van der Waals surface area contributed by atoms with Gasteiger partial charge in [0, 0.05) is 12.3 Å². The van der Waals surface area contributed by atoms with Crippen LogP contribution in [-0.4, -0.2) is 33.8 Å². The minimum atomic E-state index is -0.520. The van der Waals surface area contributed by atoms with Crippen molar-refractivity contribution in [2.24, 2.45) is 5.92 Å². The van der Waals surface area contributed by atoms with Crippen LogP contribution < -0.4 is 21.7 Å². The number of aromatic hydroxyl groups is 2. The minimum Gasteiger partial charge on any atom is -0.507 e. The maximum absolute atomic E-state index is 12.8. The Labute approximate surface area is 286 Å². The molecule has 2 aromatic carbocycles. The first-order chi connectivity index (χ1) is 23.2. The summed E-state index contributed by atoms with van der Waals surface area (Å²) in [6.07, 6.45) is 16.1. The van der Waals surface area contributed by atoms with Gasteiger partial charge in [-0.25, -0.2) is 0 Å². The van der Waals surface area contributed by atoms with Crippen LogP contribution in [-0.2, 0) is 22.4 Å². The van der Waals surface area contributed by atoms with Crippen molar-refractivity contribution in [1.29, 1.82) is 0 Å². The van der Waals surface area contributed by atoms with E-state index in [0.29, 0.717) is 25.7 Å². The molecule has 1 atom stereocenters. The third kappa shape index (κ3) is 14.8. The van der Waals surface area contributed by atoms with Gasteiger partial charge in [-0.05, 0) is 61.8 Å².